The Balaban J connectivity index is 0.000000177. The second-order valence-electron chi connectivity index (χ2n) is 16.4. The zero-order valence-corrected chi connectivity index (χ0v) is 38.8. The fourth-order valence-electron chi connectivity index (χ4n) is 9.21. The number of hydrogen-bond acceptors (Lipinski definition) is 12. The van der Waals surface area contributed by atoms with Crippen molar-refractivity contribution in [3.8, 4) is 0 Å². The Morgan fingerprint density at radius 3 is 1.89 bits per heavy atom. The summed E-state index contributed by atoms with van der Waals surface area (Å²) in [6.45, 7) is 8.69. The van der Waals surface area contributed by atoms with E-state index in [4.69, 9.17) is 37.7 Å². The normalized spacial score (nSPS) is 20.1. The number of fused-ring (bicyclic) bond motifs is 4. The van der Waals surface area contributed by atoms with Gasteiger partial charge in [-0.1, -0.05) is 38.1 Å². The van der Waals surface area contributed by atoms with Gasteiger partial charge in [-0.05, 0) is 79.7 Å². The average Bonchev–Trinajstić information content (AvgIpc) is 3.98. The molecule has 4 atom stereocenters. The molecule has 2 unspecified atom stereocenters. The van der Waals surface area contributed by atoms with Gasteiger partial charge in [-0.2, -0.15) is 0 Å². The molecule has 0 bridgehead atoms. The first-order valence-corrected chi connectivity index (χ1v) is 22.8. The molecule has 16 nitrogen and oxygen atoms in total. The zero-order chi connectivity index (χ0) is 44.2. The molecule has 65 heavy (non-hydrogen) atoms. The number of amides is 2. The highest BCUT2D eigenvalue weighted by molar-refractivity contribution is 9.10. The van der Waals surface area contributed by atoms with Gasteiger partial charge < -0.3 is 39.5 Å². The third-order valence-electron chi connectivity index (χ3n) is 12.3. The van der Waals surface area contributed by atoms with E-state index >= 15 is 0 Å². The lowest BCUT2D eigenvalue weighted by Gasteiger charge is -2.39. The Bertz CT molecular complexity index is 2590. The van der Waals surface area contributed by atoms with Crippen LogP contribution in [-0.2, 0) is 35.4 Å². The van der Waals surface area contributed by atoms with Crippen molar-refractivity contribution in [2.75, 3.05) is 45.3 Å². The predicted octanol–water partition coefficient (Wildman–Crippen LogP) is 9.61. The maximum absolute atomic E-state index is 12.1. The van der Waals surface area contributed by atoms with Crippen LogP contribution in [0, 0.1) is 0 Å². The number of carbonyl (C=O) groups is 2. The van der Waals surface area contributed by atoms with E-state index in [1.165, 1.54) is 19.8 Å². The first-order valence-electron chi connectivity index (χ1n) is 21.2. The molecule has 10 rings (SSSR count). The minimum Gasteiger partial charge on any atom is -0.453 e. The topological polar surface area (TPSA) is 183 Å². The van der Waals surface area contributed by atoms with Crippen LogP contribution in [0.25, 0.3) is 22.1 Å². The van der Waals surface area contributed by atoms with Gasteiger partial charge in [0.05, 0.1) is 42.7 Å². The summed E-state index contributed by atoms with van der Waals surface area (Å²) in [6.07, 6.45) is 12.3. The Kier molecular flexibility index (Phi) is 16.6. The number of ether oxygens (including phenoxy) is 2. The van der Waals surface area contributed by atoms with E-state index < -0.39 is 0 Å². The Hall–Kier alpha value is -5.10. The van der Waals surface area contributed by atoms with Crippen LogP contribution in [0.2, 0.25) is 10.3 Å². The number of aromatic amines is 2. The van der Waals surface area contributed by atoms with Gasteiger partial charge in [-0.3, -0.25) is 0 Å². The standard InChI is InChI=1S/C22H25ClN6O2.C15H22N4O2.C7H4BrClN2.2CH4/c1-13-8-17-16(11-29(13)18-9-19(23)27-21-15(18)5-6-24-21)20(26-12-25-17)14-4-3-7-28(10-14)22(30)31-2;1-10-6-13-12(7-16-10)14(18-9-17-13)11-4-3-5-19(8-11)15(20)21-2;8-5-3-6(9)11-7-4(5)1-2-10-7;;/h5-6,9,12-14H,3-4,7-8,10-11H2,1-2H3,(H,24,27);9-11,16H,3-8H2,1-2H3;1-3H,(H,10,11);2*1H4/t13-,14?;10-,11?;;;/m11.../s1. The second-order valence-corrected chi connectivity index (χ2v) is 18.0. The van der Waals surface area contributed by atoms with Crippen molar-refractivity contribution in [1.82, 2.24) is 55.0 Å². The highest BCUT2D eigenvalue weighted by atomic mass is 79.9. The molecule has 4 aliphatic rings. The molecule has 6 aromatic heterocycles. The van der Waals surface area contributed by atoms with Gasteiger partial charge in [0.15, 0.2) is 0 Å². The third kappa shape index (κ3) is 11.0. The van der Waals surface area contributed by atoms with Gasteiger partial charge in [0, 0.05) is 115 Å². The monoisotopic (exact) mass is 992 g/mol. The maximum atomic E-state index is 12.1. The molecule has 6 aromatic rings. The molecular formula is C46H59BrCl2N12O4. The van der Waals surface area contributed by atoms with Crippen LogP contribution >= 0.6 is 39.1 Å². The molecule has 0 saturated carbocycles. The summed E-state index contributed by atoms with van der Waals surface area (Å²) in [5.41, 5.74) is 9.44. The number of rotatable bonds is 3. The Morgan fingerprint density at radius 1 is 0.754 bits per heavy atom. The van der Waals surface area contributed by atoms with Crippen LogP contribution < -0.4 is 10.2 Å². The lowest BCUT2D eigenvalue weighted by Crippen LogP contribution is -2.42. The summed E-state index contributed by atoms with van der Waals surface area (Å²) < 4.78 is 10.8. The molecule has 2 amide bonds. The minimum atomic E-state index is -0.274. The van der Waals surface area contributed by atoms with Crippen LogP contribution in [0.5, 0.6) is 0 Å². The number of anilines is 1. The van der Waals surface area contributed by atoms with Crippen molar-refractivity contribution in [3.63, 3.8) is 0 Å². The number of aromatic nitrogens is 8. The van der Waals surface area contributed by atoms with Crippen LogP contribution in [0.3, 0.4) is 0 Å². The van der Waals surface area contributed by atoms with Crippen LogP contribution in [0.15, 0.2) is 53.8 Å². The van der Waals surface area contributed by atoms with Gasteiger partial charge in [0.2, 0.25) is 0 Å². The van der Waals surface area contributed by atoms with Crippen LogP contribution in [0.4, 0.5) is 15.3 Å². The van der Waals surface area contributed by atoms with Crippen molar-refractivity contribution in [1.29, 1.82) is 0 Å². The summed E-state index contributed by atoms with van der Waals surface area (Å²) in [5, 5.41) is 6.54. The molecule has 0 spiro atoms. The zero-order valence-electron chi connectivity index (χ0n) is 35.7. The SMILES string of the molecule is C.C.COC(=O)N1CCCC(c2ncnc3c2CN(c2cc(Cl)nc4[nH]ccc24)[C@H](C)C3)C1.COC(=O)N1CCCC(c2ncnc3c2CN[C@H](C)C3)C1.Clc1cc(Br)c2cc[nH]c2n1. The Labute approximate surface area is 398 Å². The van der Waals surface area contributed by atoms with E-state index in [0.717, 1.165) is 119 Å². The first kappa shape index (κ1) is 49.3. The summed E-state index contributed by atoms with van der Waals surface area (Å²) in [5.74, 6) is 0.456. The fraction of sp³-hybridized carbons (Fsp3) is 0.478. The lowest BCUT2D eigenvalue weighted by molar-refractivity contribution is 0.110. The van der Waals surface area contributed by atoms with Crippen molar-refractivity contribution < 1.29 is 19.1 Å². The van der Waals surface area contributed by atoms with Gasteiger partial charge in [0.25, 0.3) is 0 Å². The number of methoxy groups -OCH3 is 2. The van der Waals surface area contributed by atoms with E-state index in [-0.39, 0.29) is 44.9 Å². The molecule has 10 heterocycles. The molecule has 0 aromatic carbocycles. The van der Waals surface area contributed by atoms with E-state index in [2.05, 4.69) is 74.9 Å². The molecule has 19 heteroatoms. The number of nitrogens with zero attached hydrogens (tertiary/aromatic N) is 9. The molecule has 2 fully saturated rings. The van der Waals surface area contributed by atoms with E-state index in [1.807, 2.05) is 30.6 Å². The molecular weight excluding hydrogens is 935 g/mol. The molecule has 4 aliphatic heterocycles. The van der Waals surface area contributed by atoms with E-state index in [9.17, 15) is 9.59 Å². The van der Waals surface area contributed by atoms with Crippen molar-refractivity contribution in [2.24, 2.45) is 0 Å². The molecule has 348 valence electrons. The van der Waals surface area contributed by atoms with Crippen LogP contribution in [0.1, 0.15) is 100 Å². The fourth-order valence-corrected chi connectivity index (χ4v) is 10.3. The summed E-state index contributed by atoms with van der Waals surface area (Å²) >= 11 is 15.4. The van der Waals surface area contributed by atoms with Gasteiger partial charge in [-0.25, -0.2) is 39.5 Å². The largest absolute Gasteiger partial charge is 0.453 e. The van der Waals surface area contributed by atoms with Crippen LogP contribution in [-0.4, -0.2) is 114 Å². The van der Waals surface area contributed by atoms with Gasteiger partial charge in [0.1, 0.15) is 34.3 Å². The van der Waals surface area contributed by atoms with E-state index in [1.54, 1.807) is 28.5 Å². The number of H-pyrrole nitrogens is 2. The number of carbonyl (C=O) groups excluding carboxylic acids is 2. The van der Waals surface area contributed by atoms with Crippen molar-refractivity contribution >= 4 is 79.1 Å². The number of likely N-dealkylation sites (tertiary alicyclic amines) is 2. The van der Waals surface area contributed by atoms with Gasteiger partial charge in [-0.15, -0.1) is 0 Å². The maximum Gasteiger partial charge on any atom is 0.409 e. The average molecular weight is 995 g/mol. The summed E-state index contributed by atoms with van der Waals surface area (Å²) in [4.78, 5) is 62.6. The van der Waals surface area contributed by atoms with E-state index in [0.29, 0.717) is 36.0 Å². The van der Waals surface area contributed by atoms with Gasteiger partial charge >= 0.3 is 12.2 Å². The molecule has 3 N–H and O–H groups in total. The highest BCUT2D eigenvalue weighted by Crippen LogP contribution is 2.38. The number of halogens is 3. The summed E-state index contributed by atoms with van der Waals surface area (Å²) in [7, 11) is 2.86. The minimum absolute atomic E-state index is 0. The van der Waals surface area contributed by atoms with Crippen molar-refractivity contribution in [2.45, 2.75) is 104 Å². The first-order chi connectivity index (χ1) is 30.5. The molecule has 0 radical (unpaired) electrons. The summed E-state index contributed by atoms with van der Waals surface area (Å²) in [6, 6.07) is 8.40. The number of hydrogen-bond donors (Lipinski definition) is 3. The smallest absolute Gasteiger partial charge is 0.409 e. The second kappa shape index (κ2) is 21.9. The predicted molar refractivity (Wildman–Crippen MR) is 259 cm³/mol. The number of nitrogens with one attached hydrogen (secondary N) is 3. The highest BCUT2D eigenvalue weighted by Gasteiger charge is 2.34. The molecule has 0 aliphatic carbocycles. The lowest BCUT2D eigenvalue weighted by atomic mass is 9.88. The van der Waals surface area contributed by atoms with Crippen molar-refractivity contribution in [3.05, 3.63) is 98.0 Å². The Morgan fingerprint density at radius 2 is 1.29 bits per heavy atom. The number of piperidine rings is 2. The number of pyridine rings is 2. The quantitative estimate of drug-likeness (QED) is 0.143. The molecule has 2 saturated heterocycles. The third-order valence-corrected chi connectivity index (χ3v) is 13.4.